The fourth-order valence-electron chi connectivity index (χ4n) is 1.64. The highest BCUT2D eigenvalue weighted by Crippen LogP contribution is 2.12. The van der Waals surface area contributed by atoms with Gasteiger partial charge in [0.2, 0.25) is 0 Å². The van der Waals surface area contributed by atoms with Gasteiger partial charge in [0.15, 0.2) is 11.5 Å². The van der Waals surface area contributed by atoms with Crippen molar-refractivity contribution in [3.05, 3.63) is 42.2 Å². The number of hydrogen-bond acceptors (Lipinski definition) is 5. The Hall–Kier alpha value is -2.35. The molecule has 2 aromatic rings. The highest BCUT2D eigenvalue weighted by atomic mass is 16.3. The average molecular weight is 242 g/mol. The topological polar surface area (TPSA) is 74.7 Å². The van der Waals surface area contributed by atoms with Gasteiger partial charge in [0, 0.05) is 24.9 Å². The zero-order valence-corrected chi connectivity index (χ0v) is 10.1. The summed E-state index contributed by atoms with van der Waals surface area (Å²) in [5.41, 5.74) is 0.322. The van der Waals surface area contributed by atoms with Gasteiger partial charge in [-0.05, 0) is 25.5 Å². The van der Waals surface area contributed by atoms with Crippen LogP contribution in [0.5, 0.6) is 0 Å². The molecule has 1 atom stereocenters. The largest absolute Gasteiger partial charge is 0.469 e. The molecule has 5 heteroatoms. The van der Waals surface area contributed by atoms with E-state index in [1.165, 1.54) is 6.20 Å². The lowest BCUT2D eigenvalue weighted by molar-refractivity contribution is 0.495. The standard InChI is InChI=1S/C13H14N4O/c1-10(4-5-11-3-2-8-18-11)17-13-12(9-14)15-6-7-16-13/h2-3,6-8,10H,4-5H2,1H3,(H,16,17). The fraction of sp³-hybridized carbons (Fsp3) is 0.308. The van der Waals surface area contributed by atoms with E-state index in [4.69, 9.17) is 9.68 Å². The summed E-state index contributed by atoms with van der Waals surface area (Å²) in [6.45, 7) is 2.04. The van der Waals surface area contributed by atoms with Crippen molar-refractivity contribution in [2.24, 2.45) is 0 Å². The second kappa shape index (κ2) is 5.82. The van der Waals surface area contributed by atoms with Crippen molar-refractivity contribution in [1.82, 2.24) is 9.97 Å². The summed E-state index contributed by atoms with van der Waals surface area (Å²) in [5.74, 6) is 1.50. The van der Waals surface area contributed by atoms with Gasteiger partial charge in [-0.25, -0.2) is 9.97 Å². The fourth-order valence-corrected chi connectivity index (χ4v) is 1.64. The Balaban J connectivity index is 1.91. The Bertz CT molecular complexity index is 530. The molecule has 0 fully saturated rings. The van der Waals surface area contributed by atoms with E-state index in [9.17, 15) is 0 Å². The summed E-state index contributed by atoms with van der Waals surface area (Å²) in [6.07, 6.45) is 6.50. The Morgan fingerprint density at radius 1 is 1.44 bits per heavy atom. The van der Waals surface area contributed by atoms with Crippen LogP contribution < -0.4 is 5.32 Å². The predicted octanol–water partition coefficient (Wildman–Crippen LogP) is 2.37. The molecule has 92 valence electrons. The van der Waals surface area contributed by atoms with E-state index < -0.39 is 0 Å². The third-order valence-corrected chi connectivity index (χ3v) is 2.59. The first-order valence-electron chi connectivity index (χ1n) is 5.79. The van der Waals surface area contributed by atoms with Crippen LogP contribution >= 0.6 is 0 Å². The van der Waals surface area contributed by atoms with Crippen molar-refractivity contribution in [1.29, 1.82) is 5.26 Å². The van der Waals surface area contributed by atoms with Crippen molar-refractivity contribution in [3.8, 4) is 6.07 Å². The van der Waals surface area contributed by atoms with E-state index in [0.29, 0.717) is 11.5 Å². The smallest absolute Gasteiger partial charge is 0.182 e. The normalized spacial score (nSPS) is 11.8. The first-order valence-corrected chi connectivity index (χ1v) is 5.79. The van der Waals surface area contributed by atoms with Gasteiger partial charge in [0.05, 0.1) is 6.26 Å². The van der Waals surface area contributed by atoms with Crippen LogP contribution in [0.25, 0.3) is 0 Å². The van der Waals surface area contributed by atoms with Crippen molar-refractivity contribution in [3.63, 3.8) is 0 Å². The Kier molecular flexibility index (Phi) is 3.92. The van der Waals surface area contributed by atoms with E-state index in [2.05, 4.69) is 15.3 Å². The monoisotopic (exact) mass is 242 g/mol. The lowest BCUT2D eigenvalue weighted by Crippen LogP contribution is -2.18. The van der Waals surface area contributed by atoms with Gasteiger partial charge < -0.3 is 9.73 Å². The van der Waals surface area contributed by atoms with E-state index >= 15 is 0 Å². The van der Waals surface area contributed by atoms with Gasteiger partial charge in [0.25, 0.3) is 0 Å². The van der Waals surface area contributed by atoms with Gasteiger partial charge in [0.1, 0.15) is 11.8 Å². The van der Waals surface area contributed by atoms with Crippen LogP contribution in [0.2, 0.25) is 0 Å². The molecule has 0 amide bonds. The summed E-state index contributed by atoms with van der Waals surface area (Å²) in [5, 5.41) is 12.1. The molecule has 0 aliphatic rings. The van der Waals surface area contributed by atoms with Gasteiger partial charge in [-0.15, -0.1) is 0 Å². The number of anilines is 1. The Morgan fingerprint density at radius 3 is 3.00 bits per heavy atom. The number of aryl methyl sites for hydroxylation is 1. The van der Waals surface area contributed by atoms with Gasteiger partial charge in [-0.3, -0.25) is 0 Å². The van der Waals surface area contributed by atoms with E-state index in [-0.39, 0.29) is 6.04 Å². The van der Waals surface area contributed by atoms with E-state index in [0.717, 1.165) is 18.6 Å². The third-order valence-electron chi connectivity index (χ3n) is 2.59. The number of hydrogen-bond donors (Lipinski definition) is 1. The van der Waals surface area contributed by atoms with Crippen molar-refractivity contribution < 1.29 is 4.42 Å². The molecule has 1 unspecified atom stereocenters. The molecule has 0 aliphatic heterocycles. The summed E-state index contributed by atoms with van der Waals surface area (Å²) < 4.78 is 5.27. The van der Waals surface area contributed by atoms with E-state index in [1.807, 2.05) is 25.1 Å². The zero-order chi connectivity index (χ0) is 12.8. The highest BCUT2D eigenvalue weighted by molar-refractivity contribution is 5.47. The highest BCUT2D eigenvalue weighted by Gasteiger charge is 2.08. The van der Waals surface area contributed by atoms with Gasteiger partial charge in [-0.2, -0.15) is 5.26 Å². The molecule has 0 bridgehead atoms. The van der Waals surface area contributed by atoms with Crippen LogP contribution in [0.1, 0.15) is 24.8 Å². The molecule has 0 radical (unpaired) electrons. The second-order valence-electron chi connectivity index (χ2n) is 4.03. The number of furan rings is 1. The average Bonchev–Trinajstić information content (AvgIpc) is 2.90. The molecule has 0 saturated heterocycles. The molecule has 0 spiro atoms. The molecule has 0 aliphatic carbocycles. The molecule has 2 rings (SSSR count). The number of nitrogens with one attached hydrogen (secondary N) is 1. The quantitative estimate of drug-likeness (QED) is 0.871. The molecule has 5 nitrogen and oxygen atoms in total. The van der Waals surface area contributed by atoms with Crippen LogP contribution in [0.4, 0.5) is 5.82 Å². The lowest BCUT2D eigenvalue weighted by atomic mass is 10.1. The maximum Gasteiger partial charge on any atom is 0.182 e. The van der Waals surface area contributed by atoms with Crippen molar-refractivity contribution >= 4 is 5.82 Å². The van der Waals surface area contributed by atoms with Gasteiger partial charge in [-0.1, -0.05) is 0 Å². The van der Waals surface area contributed by atoms with Crippen LogP contribution in [-0.2, 0) is 6.42 Å². The molecule has 2 aromatic heterocycles. The minimum atomic E-state index is 0.193. The summed E-state index contributed by atoms with van der Waals surface area (Å²) in [6, 6.07) is 6.04. The second-order valence-corrected chi connectivity index (χ2v) is 4.03. The number of aromatic nitrogens is 2. The molecule has 2 heterocycles. The summed E-state index contributed by atoms with van der Waals surface area (Å²) in [4.78, 5) is 8.07. The van der Waals surface area contributed by atoms with Gasteiger partial charge >= 0.3 is 0 Å². The van der Waals surface area contributed by atoms with Crippen molar-refractivity contribution in [2.45, 2.75) is 25.8 Å². The molecular weight excluding hydrogens is 228 g/mol. The molecule has 0 aromatic carbocycles. The minimum Gasteiger partial charge on any atom is -0.469 e. The van der Waals surface area contributed by atoms with Crippen LogP contribution in [0.15, 0.2) is 35.2 Å². The molecule has 1 N–H and O–H groups in total. The first-order chi connectivity index (χ1) is 8.79. The summed E-state index contributed by atoms with van der Waals surface area (Å²) >= 11 is 0. The maximum atomic E-state index is 8.90. The van der Waals surface area contributed by atoms with Crippen LogP contribution in [0.3, 0.4) is 0 Å². The minimum absolute atomic E-state index is 0.193. The SMILES string of the molecule is CC(CCc1ccco1)Nc1nccnc1C#N. The number of nitrogens with zero attached hydrogens (tertiary/aromatic N) is 3. The first kappa shape index (κ1) is 12.1. The van der Waals surface area contributed by atoms with Crippen LogP contribution in [-0.4, -0.2) is 16.0 Å². The van der Waals surface area contributed by atoms with Crippen LogP contribution in [0, 0.1) is 11.3 Å². The lowest BCUT2D eigenvalue weighted by Gasteiger charge is -2.13. The molecule has 0 saturated carbocycles. The van der Waals surface area contributed by atoms with E-state index in [1.54, 1.807) is 12.5 Å². The predicted molar refractivity (Wildman–Crippen MR) is 66.9 cm³/mol. The summed E-state index contributed by atoms with van der Waals surface area (Å²) in [7, 11) is 0. The Morgan fingerprint density at radius 2 is 2.28 bits per heavy atom. The third kappa shape index (κ3) is 3.08. The number of nitriles is 1. The maximum absolute atomic E-state index is 8.90. The molecule has 18 heavy (non-hydrogen) atoms. The Labute approximate surface area is 105 Å². The van der Waals surface area contributed by atoms with Crippen molar-refractivity contribution in [2.75, 3.05) is 5.32 Å². The molecular formula is C13H14N4O. The zero-order valence-electron chi connectivity index (χ0n) is 10.1. The number of rotatable bonds is 5.